The first kappa shape index (κ1) is 17.6. The number of amides is 1. The average molecular weight is 358 g/mol. The molecule has 2 aromatic carbocycles. The molecular formula is C19H22N2O3S. The van der Waals surface area contributed by atoms with Crippen molar-refractivity contribution in [1.82, 2.24) is 9.21 Å². The zero-order valence-corrected chi connectivity index (χ0v) is 15.3. The van der Waals surface area contributed by atoms with Crippen molar-refractivity contribution in [3.8, 4) is 11.1 Å². The number of benzene rings is 2. The van der Waals surface area contributed by atoms with Gasteiger partial charge in [-0.15, -0.1) is 0 Å². The zero-order valence-electron chi connectivity index (χ0n) is 14.5. The minimum Gasteiger partial charge on any atom is -0.336 e. The quantitative estimate of drug-likeness (QED) is 0.846. The van der Waals surface area contributed by atoms with Gasteiger partial charge in [0, 0.05) is 31.7 Å². The van der Waals surface area contributed by atoms with Crippen LogP contribution in [0.15, 0.2) is 48.5 Å². The van der Waals surface area contributed by atoms with E-state index >= 15 is 0 Å². The largest absolute Gasteiger partial charge is 0.336 e. The Kier molecular flexibility index (Phi) is 4.92. The van der Waals surface area contributed by atoms with E-state index in [1.807, 2.05) is 55.5 Å². The zero-order chi connectivity index (χ0) is 18.0. The van der Waals surface area contributed by atoms with Crippen molar-refractivity contribution < 1.29 is 13.2 Å². The van der Waals surface area contributed by atoms with Gasteiger partial charge in [0.25, 0.3) is 5.91 Å². The SMILES string of the molecule is Cc1ccc(-c2cccc(C(=O)N3CCN(S(C)(=O)=O)CC3)c2)cc1. The molecule has 1 aliphatic heterocycles. The third kappa shape index (κ3) is 4.08. The molecule has 3 rings (SSSR count). The van der Waals surface area contributed by atoms with Crippen LogP contribution in [0.3, 0.4) is 0 Å². The molecule has 0 aromatic heterocycles. The van der Waals surface area contributed by atoms with Crippen LogP contribution < -0.4 is 0 Å². The van der Waals surface area contributed by atoms with Crippen molar-refractivity contribution in [3.05, 3.63) is 59.7 Å². The minimum atomic E-state index is -3.19. The van der Waals surface area contributed by atoms with Crippen LogP contribution in [0.1, 0.15) is 15.9 Å². The van der Waals surface area contributed by atoms with Crippen molar-refractivity contribution in [2.24, 2.45) is 0 Å². The van der Waals surface area contributed by atoms with Crippen molar-refractivity contribution in [3.63, 3.8) is 0 Å². The predicted octanol–water partition coefficient (Wildman–Crippen LogP) is 2.38. The van der Waals surface area contributed by atoms with Gasteiger partial charge in [0.1, 0.15) is 0 Å². The van der Waals surface area contributed by atoms with Gasteiger partial charge >= 0.3 is 0 Å². The molecule has 25 heavy (non-hydrogen) atoms. The van der Waals surface area contributed by atoms with Crippen molar-refractivity contribution in [2.75, 3.05) is 32.4 Å². The number of carbonyl (C=O) groups excluding carboxylic acids is 1. The van der Waals surface area contributed by atoms with Crippen LogP contribution in [0.5, 0.6) is 0 Å². The third-order valence-electron chi connectivity index (χ3n) is 4.49. The van der Waals surface area contributed by atoms with Gasteiger partial charge in [-0.25, -0.2) is 8.42 Å². The molecule has 0 bridgehead atoms. The summed E-state index contributed by atoms with van der Waals surface area (Å²) in [5.41, 5.74) is 3.90. The molecule has 1 fully saturated rings. The molecule has 1 aliphatic rings. The van der Waals surface area contributed by atoms with Gasteiger partial charge < -0.3 is 4.90 Å². The number of piperazine rings is 1. The highest BCUT2D eigenvalue weighted by molar-refractivity contribution is 7.88. The van der Waals surface area contributed by atoms with Gasteiger partial charge in [-0.2, -0.15) is 4.31 Å². The van der Waals surface area contributed by atoms with Gasteiger partial charge in [-0.3, -0.25) is 4.79 Å². The van der Waals surface area contributed by atoms with E-state index in [9.17, 15) is 13.2 Å². The van der Waals surface area contributed by atoms with E-state index in [0.717, 1.165) is 11.1 Å². The molecule has 1 saturated heterocycles. The minimum absolute atomic E-state index is 0.0536. The molecule has 0 saturated carbocycles. The molecule has 1 amide bonds. The van der Waals surface area contributed by atoms with E-state index in [4.69, 9.17) is 0 Å². The van der Waals surface area contributed by atoms with Gasteiger partial charge in [0.15, 0.2) is 0 Å². The molecule has 1 heterocycles. The summed E-state index contributed by atoms with van der Waals surface area (Å²) >= 11 is 0. The molecular weight excluding hydrogens is 336 g/mol. The summed E-state index contributed by atoms with van der Waals surface area (Å²) in [4.78, 5) is 14.5. The van der Waals surface area contributed by atoms with Crippen LogP contribution in [-0.2, 0) is 10.0 Å². The fourth-order valence-corrected chi connectivity index (χ4v) is 3.81. The molecule has 132 valence electrons. The highest BCUT2D eigenvalue weighted by Gasteiger charge is 2.26. The van der Waals surface area contributed by atoms with E-state index in [2.05, 4.69) is 0 Å². The first-order valence-electron chi connectivity index (χ1n) is 8.26. The van der Waals surface area contributed by atoms with Crippen LogP contribution in [-0.4, -0.2) is 56.0 Å². The first-order valence-corrected chi connectivity index (χ1v) is 10.1. The Hall–Kier alpha value is -2.18. The van der Waals surface area contributed by atoms with Crippen molar-refractivity contribution in [2.45, 2.75) is 6.92 Å². The number of hydrogen-bond acceptors (Lipinski definition) is 3. The summed E-state index contributed by atoms with van der Waals surface area (Å²) in [6.45, 7) is 3.58. The lowest BCUT2D eigenvalue weighted by molar-refractivity contribution is 0.0698. The second-order valence-corrected chi connectivity index (χ2v) is 8.38. The number of sulfonamides is 1. The van der Waals surface area contributed by atoms with Crippen LogP contribution in [0.25, 0.3) is 11.1 Å². The maximum Gasteiger partial charge on any atom is 0.253 e. The molecule has 0 unspecified atom stereocenters. The average Bonchev–Trinajstić information content (AvgIpc) is 2.61. The summed E-state index contributed by atoms with van der Waals surface area (Å²) in [6.07, 6.45) is 1.20. The molecule has 0 spiro atoms. The van der Waals surface area contributed by atoms with Gasteiger partial charge in [0.2, 0.25) is 10.0 Å². The van der Waals surface area contributed by atoms with Crippen LogP contribution in [0, 0.1) is 6.92 Å². The molecule has 0 aliphatic carbocycles. The molecule has 0 N–H and O–H groups in total. The van der Waals surface area contributed by atoms with Crippen LogP contribution >= 0.6 is 0 Å². The lowest BCUT2D eigenvalue weighted by atomic mass is 10.0. The summed E-state index contributed by atoms with van der Waals surface area (Å²) in [5, 5.41) is 0. The molecule has 0 atom stereocenters. The standard InChI is InChI=1S/C19H22N2O3S/c1-15-6-8-16(9-7-15)17-4-3-5-18(14-17)19(22)20-10-12-21(13-11-20)25(2,23)24/h3-9,14H,10-13H2,1-2H3. The Bertz CT molecular complexity index is 868. The summed E-state index contributed by atoms with van der Waals surface area (Å²) in [6, 6.07) is 15.8. The Morgan fingerprint density at radius 1 is 0.920 bits per heavy atom. The number of carbonyl (C=O) groups is 1. The normalized spacial score (nSPS) is 16.0. The van der Waals surface area contributed by atoms with Gasteiger partial charge in [-0.05, 0) is 30.2 Å². The van der Waals surface area contributed by atoms with E-state index < -0.39 is 10.0 Å². The van der Waals surface area contributed by atoms with E-state index in [-0.39, 0.29) is 5.91 Å². The topological polar surface area (TPSA) is 57.7 Å². The monoisotopic (exact) mass is 358 g/mol. The van der Waals surface area contributed by atoms with Gasteiger partial charge in [0.05, 0.1) is 6.26 Å². The van der Waals surface area contributed by atoms with Crippen molar-refractivity contribution in [1.29, 1.82) is 0 Å². The first-order chi connectivity index (χ1) is 11.8. The Balaban J connectivity index is 1.75. The molecule has 5 nitrogen and oxygen atoms in total. The molecule has 6 heteroatoms. The van der Waals surface area contributed by atoms with Crippen molar-refractivity contribution >= 4 is 15.9 Å². The Morgan fingerprint density at radius 3 is 2.16 bits per heavy atom. The lowest BCUT2D eigenvalue weighted by Crippen LogP contribution is -2.50. The summed E-state index contributed by atoms with van der Waals surface area (Å²) in [5.74, 6) is -0.0536. The highest BCUT2D eigenvalue weighted by Crippen LogP contribution is 2.22. The van der Waals surface area contributed by atoms with Crippen LogP contribution in [0.2, 0.25) is 0 Å². The number of hydrogen-bond donors (Lipinski definition) is 0. The Morgan fingerprint density at radius 2 is 1.56 bits per heavy atom. The van der Waals surface area contributed by atoms with E-state index in [1.54, 1.807) is 4.90 Å². The second kappa shape index (κ2) is 6.98. The Labute approximate surface area is 148 Å². The second-order valence-electron chi connectivity index (χ2n) is 6.40. The third-order valence-corrected chi connectivity index (χ3v) is 5.79. The molecule has 0 radical (unpaired) electrons. The number of aryl methyl sites for hydroxylation is 1. The summed E-state index contributed by atoms with van der Waals surface area (Å²) < 4.78 is 24.6. The predicted molar refractivity (Wildman–Crippen MR) is 98.9 cm³/mol. The van der Waals surface area contributed by atoms with Crippen LogP contribution in [0.4, 0.5) is 0 Å². The maximum absolute atomic E-state index is 12.8. The smallest absolute Gasteiger partial charge is 0.253 e. The fraction of sp³-hybridized carbons (Fsp3) is 0.316. The fourth-order valence-electron chi connectivity index (χ4n) is 2.98. The highest BCUT2D eigenvalue weighted by atomic mass is 32.2. The molecule has 2 aromatic rings. The summed E-state index contributed by atoms with van der Waals surface area (Å²) in [7, 11) is -3.19. The maximum atomic E-state index is 12.8. The number of nitrogens with zero attached hydrogens (tertiary/aromatic N) is 2. The lowest BCUT2D eigenvalue weighted by Gasteiger charge is -2.33. The van der Waals surface area contributed by atoms with E-state index in [0.29, 0.717) is 31.7 Å². The number of rotatable bonds is 3. The van der Waals surface area contributed by atoms with Gasteiger partial charge in [-0.1, -0.05) is 42.0 Å². The van der Waals surface area contributed by atoms with E-state index in [1.165, 1.54) is 16.1 Å².